The van der Waals surface area contributed by atoms with E-state index in [1.54, 1.807) is 4.90 Å². The Kier molecular flexibility index (Phi) is 5.76. The number of nitrogens with zero attached hydrogens (tertiary/aromatic N) is 3. The van der Waals surface area contributed by atoms with Gasteiger partial charge in [0.15, 0.2) is 0 Å². The quantitative estimate of drug-likeness (QED) is 0.807. The second kappa shape index (κ2) is 8.08. The van der Waals surface area contributed by atoms with Crippen LogP contribution >= 0.6 is 0 Å². The van der Waals surface area contributed by atoms with E-state index in [1.165, 1.54) is 25.4 Å². The van der Waals surface area contributed by atoms with Crippen LogP contribution in [-0.4, -0.2) is 72.2 Å². The number of benzene rings is 1. The third-order valence-corrected chi connectivity index (χ3v) is 5.47. The van der Waals surface area contributed by atoms with E-state index in [0.29, 0.717) is 13.0 Å². The predicted octanol–water partition coefficient (Wildman–Crippen LogP) is 1.53. The minimum atomic E-state index is -0.753. The molecule has 1 aliphatic heterocycles. The van der Waals surface area contributed by atoms with Gasteiger partial charge in [-0.15, -0.1) is 0 Å². The lowest BCUT2D eigenvalue weighted by molar-refractivity contribution is -0.0613. The third-order valence-electron chi connectivity index (χ3n) is 5.47. The Labute approximate surface area is 164 Å². The Morgan fingerprint density at radius 2 is 1.93 bits per heavy atom. The van der Waals surface area contributed by atoms with Crippen molar-refractivity contribution in [3.8, 4) is 0 Å². The molecule has 0 unspecified atom stereocenters. The summed E-state index contributed by atoms with van der Waals surface area (Å²) in [5.41, 5.74) is 0.991. The van der Waals surface area contributed by atoms with Crippen molar-refractivity contribution >= 4 is 11.9 Å². The second-order valence-corrected chi connectivity index (χ2v) is 7.13. The molecular weight excluding hydrogens is 358 g/mol. The largest absolute Gasteiger partial charge is 0.465 e. The van der Waals surface area contributed by atoms with Crippen molar-refractivity contribution in [3.05, 3.63) is 65.5 Å². The Morgan fingerprint density at radius 1 is 1.21 bits per heavy atom. The minimum absolute atomic E-state index is 0.201. The van der Waals surface area contributed by atoms with E-state index in [-0.39, 0.29) is 23.7 Å². The van der Waals surface area contributed by atoms with Gasteiger partial charge in [0, 0.05) is 19.3 Å². The number of aliphatic hydroxyl groups is 1. The number of hydrogen-bond donors (Lipinski definition) is 1. The highest BCUT2D eigenvalue weighted by Crippen LogP contribution is 2.37. The lowest BCUT2D eigenvalue weighted by Gasteiger charge is -2.49. The number of rotatable bonds is 4. The highest BCUT2D eigenvalue weighted by molar-refractivity contribution is 5.94. The average molecular weight is 383 g/mol. The number of hydrogen-bond acceptors (Lipinski definition) is 6. The van der Waals surface area contributed by atoms with E-state index in [0.717, 1.165) is 5.56 Å². The summed E-state index contributed by atoms with van der Waals surface area (Å²) < 4.78 is 4.64. The molecule has 1 fully saturated rings. The van der Waals surface area contributed by atoms with Crippen molar-refractivity contribution in [2.24, 2.45) is 0 Å². The van der Waals surface area contributed by atoms with Crippen molar-refractivity contribution in [1.29, 1.82) is 0 Å². The van der Waals surface area contributed by atoms with Crippen molar-refractivity contribution in [1.82, 2.24) is 14.8 Å². The fraction of sp³-hybridized carbons (Fsp3) is 0.381. The monoisotopic (exact) mass is 383 g/mol. The summed E-state index contributed by atoms with van der Waals surface area (Å²) in [6, 6.07) is 12.9. The molecule has 28 heavy (non-hydrogen) atoms. The molecule has 7 nitrogen and oxygen atoms in total. The van der Waals surface area contributed by atoms with Crippen LogP contribution < -0.4 is 0 Å². The standard InChI is InChI=1S/C21H25N3O4/c1-23(2)21(16-7-5-4-6-8-16)11-12-24(14-18(21)25)19(26)17-10-9-15(13-22-17)20(27)28-3/h4-10,13,18,25H,11-12,14H2,1-3H3/t18-,21+/m1/s1. The van der Waals surface area contributed by atoms with Crippen LogP contribution in [0.15, 0.2) is 48.7 Å². The molecule has 1 aromatic carbocycles. The van der Waals surface area contributed by atoms with Gasteiger partial charge in [-0.05, 0) is 38.2 Å². The summed E-state index contributed by atoms with van der Waals surface area (Å²) >= 11 is 0. The van der Waals surface area contributed by atoms with Gasteiger partial charge in [-0.3, -0.25) is 14.7 Å². The van der Waals surface area contributed by atoms with Gasteiger partial charge in [-0.1, -0.05) is 30.3 Å². The number of likely N-dealkylation sites (tertiary alicyclic amines) is 1. The number of methoxy groups -OCH3 is 1. The lowest BCUT2D eigenvalue weighted by atomic mass is 9.77. The first-order valence-electron chi connectivity index (χ1n) is 9.15. The van der Waals surface area contributed by atoms with Gasteiger partial charge >= 0.3 is 5.97 Å². The van der Waals surface area contributed by atoms with E-state index in [9.17, 15) is 14.7 Å². The van der Waals surface area contributed by atoms with E-state index < -0.39 is 17.6 Å². The first-order chi connectivity index (χ1) is 13.4. The number of amides is 1. The molecule has 148 valence electrons. The molecule has 0 bridgehead atoms. The fourth-order valence-corrected chi connectivity index (χ4v) is 3.87. The average Bonchev–Trinajstić information content (AvgIpc) is 2.73. The summed E-state index contributed by atoms with van der Waals surface area (Å²) in [5, 5.41) is 11.0. The van der Waals surface area contributed by atoms with Gasteiger partial charge in [0.25, 0.3) is 5.91 Å². The Hall–Kier alpha value is -2.77. The maximum absolute atomic E-state index is 12.8. The number of esters is 1. The lowest BCUT2D eigenvalue weighted by Crippen LogP contribution is -2.60. The summed E-state index contributed by atoms with van der Waals surface area (Å²) in [6.45, 7) is 0.690. The number of carbonyl (C=O) groups excluding carboxylic acids is 2. The third kappa shape index (κ3) is 3.50. The van der Waals surface area contributed by atoms with Gasteiger partial charge < -0.3 is 14.7 Å². The van der Waals surface area contributed by atoms with E-state index in [2.05, 4.69) is 9.72 Å². The van der Waals surface area contributed by atoms with Crippen LogP contribution in [0.3, 0.4) is 0 Å². The number of carbonyl (C=O) groups is 2. The number of piperidine rings is 1. The molecule has 1 amide bonds. The Bertz CT molecular complexity index is 838. The van der Waals surface area contributed by atoms with Gasteiger partial charge in [0.2, 0.25) is 0 Å². The van der Waals surface area contributed by atoms with Crippen molar-refractivity contribution in [3.63, 3.8) is 0 Å². The molecule has 0 radical (unpaired) electrons. The van der Waals surface area contributed by atoms with Gasteiger partial charge in [0.1, 0.15) is 5.69 Å². The summed E-state index contributed by atoms with van der Waals surface area (Å²) in [5.74, 6) is -0.769. The highest BCUT2D eigenvalue weighted by Gasteiger charge is 2.46. The van der Waals surface area contributed by atoms with Crippen LogP contribution in [0.5, 0.6) is 0 Å². The molecule has 1 N–H and O–H groups in total. The Morgan fingerprint density at radius 3 is 2.46 bits per heavy atom. The van der Waals surface area contributed by atoms with Crippen LogP contribution in [-0.2, 0) is 10.3 Å². The number of aromatic nitrogens is 1. The molecule has 7 heteroatoms. The fourth-order valence-electron chi connectivity index (χ4n) is 3.87. The molecule has 2 aromatic rings. The van der Waals surface area contributed by atoms with Crippen LogP contribution in [0.4, 0.5) is 0 Å². The minimum Gasteiger partial charge on any atom is -0.465 e. The SMILES string of the molecule is COC(=O)c1ccc(C(=O)N2CC[C@@](c3ccccc3)(N(C)C)[C@H](O)C2)nc1. The number of pyridine rings is 1. The van der Waals surface area contributed by atoms with Gasteiger partial charge in [0.05, 0.1) is 24.3 Å². The first-order valence-corrected chi connectivity index (χ1v) is 9.15. The topological polar surface area (TPSA) is 83.0 Å². The van der Waals surface area contributed by atoms with E-state index in [1.807, 2.05) is 49.3 Å². The van der Waals surface area contributed by atoms with Crippen LogP contribution in [0.2, 0.25) is 0 Å². The molecule has 2 heterocycles. The molecule has 3 rings (SSSR count). The van der Waals surface area contributed by atoms with Crippen LogP contribution in [0.25, 0.3) is 0 Å². The van der Waals surface area contributed by atoms with Crippen molar-refractivity contribution in [2.75, 3.05) is 34.3 Å². The normalized spacial score (nSPS) is 22.2. The predicted molar refractivity (Wildman–Crippen MR) is 104 cm³/mol. The molecule has 1 aliphatic rings. The molecule has 2 atom stereocenters. The number of aliphatic hydroxyl groups excluding tert-OH is 1. The zero-order valence-corrected chi connectivity index (χ0v) is 16.3. The molecule has 0 aliphatic carbocycles. The number of β-amino-alcohol motifs (C(OH)–C–C–N with tert-alkyl or cyclic N) is 1. The summed E-state index contributed by atoms with van der Waals surface area (Å²) in [4.78, 5) is 32.1. The van der Waals surface area contributed by atoms with E-state index in [4.69, 9.17) is 0 Å². The zero-order valence-electron chi connectivity index (χ0n) is 16.3. The van der Waals surface area contributed by atoms with Crippen molar-refractivity contribution < 1.29 is 19.4 Å². The second-order valence-electron chi connectivity index (χ2n) is 7.13. The van der Waals surface area contributed by atoms with Crippen LogP contribution in [0, 0.1) is 0 Å². The van der Waals surface area contributed by atoms with Gasteiger partial charge in [-0.2, -0.15) is 0 Å². The molecule has 1 aromatic heterocycles. The number of likely N-dealkylation sites (N-methyl/N-ethyl adjacent to an activating group) is 1. The first kappa shape index (κ1) is 20.0. The van der Waals surface area contributed by atoms with Crippen LogP contribution in [0.1, 0.15) is 32.8 Å². The molecule has 1 saturated heterocycles. The Balaban J connectivity index is 1.79. The van der Waals surface area contributed by atoms with E-state index >= 15 is 0 Å². The maximum Gasteiger partial charge on any atom is 0.339 e. The number of ether oxygens (including phenoxy) is 1. The molecular formula is C21H25N3O4. The summed E-state index contributed by atoms with van der Waals surface area (Å²) in [7, 11) is 5.18. The zero-order chi connectivity index (χ0) is 20.3. The smallest absolute Gasteiger partial charge is 0.339 e. The van der Waals surface area contributed by atoms with Crippen molar-refractivity contribution in [2.45, 2.75) is 18.1 Å². The highest BCUT2D eigenvalue weighted by atomic mass is 16.5. The molecule has 0 saturated carbocycles. The summed E-state index contributed by atoms with van der Waals surface area (Å²) in [6.07, 6.45) is 1.17. The van der Waals surface area contributed by atoms with Gasteiger partial charge in [-0.25, -0.2) is 4.79 Å². The maximum atomic E-state index is 12.8. The molecule has 0 spiro atoms.